The molecule has 0 saturated heterocycles. The van der Waals surface area contributed by atoms with Crippen LogP contribution in [0.25, 0.3) is 0 Å². The van der Waals surface area contributed by atoms with Gasteiger partial charge in [-0.2, -0.15) is 13.2 Å². The molecule has 0 amide bonds. The third-order valence-corrected chi connectivity index (χ3v) is 4.16. The number of aliphatic hydroxyl groups is 1. The molecular formula is C14H26F3NO2. The van der Waals surface area contributed by atoms with Gasteiger partial charge < -0.3 is 15.2 Å². The van der Waals surface area contributed by atoms with Crippen LogP contribution in [-0.4, -0.2) is 43.2 Å². The lowest BCUT2D eigenvalue weighted by molar-refractivity contribution is -0.188. The zero-order chi connectivity index (χ0) is 15.2. The average Bonchev–Trinajstić information content (AvgIpc) is 2.42. The van der Waals surface area contributed by atoms with E-state index in [4.69, 9.17) is 4.74 Å². The molecule has 2 N–H and O–H groups in total. The summed E-state index contributed by atoms with van der Waals surface area (Å²) in [6, 6.07) is 0.180. The van der Waals surface area contributed by atoms with Crippen LogP contribution in [-0.2, 0) is 4.74 Å². The zero-order valence-corrected chi connectivity index (χ0v) is 12.3. The molecule has 120 valence electrons. The van der Waals surface area contributed by atoms with Crippen LogP contribution in [0.2, 0.25) is 0 Å². The number of rotatable bonds is 7. The van der Waals surface area contributed by atoms with Crippen LogP contribution in [0.3, 0.4) is 0 Å². The highest BCUT2D eigenvalue weighted by Crippen LogP contribution is 2.25. The quantitative estimate of drug-likeness (QED) is 0.759. The number of halogens is 3. The van der Waals surface area contributed by atoms with E-state index in [-0.39, 0.29) is 24.2 Å². The molecule has 0 bridgehead atoms. The van der Waals surface area contributed by atoms with Crippen LogP contribution in [0.4, 0.5) is 13.2 Å². The van der Waals surface area contributed by atoms with E-state index in [1.54, 1.807) is 0 Å². The number of hydrogen-bond donors (Lipinski definition) is 2. The predicted octanol–water partition coefficient (Wildman–Crippen LogP) is 2.87. The Balaban J connectivity index is 2.34. The van der Waals surface area contributed by atoms with Gasteiger partial charge in [-0.15, -0.1) is 0 Å². The summed E-state index contributed by atoms with van der Waals surface area (Å²) in [4.78, 5) is 0. The number of nitrogens with one attached hydrogen (secondary N) is 1. The molecule has 3 unspecified atom stereocenters. The molecule has 20 heavy (non-hydrogen) atoms. The molecule has 0 heterocycles. The molecule has 0 aliphatic heterocycles. The zero-order valence-electron chi connectivity index (χ0n) is 12.3. The van der Waals surface area contributed by atoms with E-state index in [2.05, 4.69) is 5.32 Å². The number of aliphatic hydroxyl groups excluding tert-OH is 1. The smallest absolute Gasteiger partial charge is 0.396 e. The lowest BCUT2D eigenvalue weighted by atomic mass is 9.87. The fourth-order valence-corrected chi connectivity index (χ4v) is 2.38. The SMILES string of the molecule is CCC(C)(CO)CNC1CCCC(OCC(F)(F)F)C1. The maximum absolute atomic E-state index is 12.1. The molecule has 1 rings (SSSR count). The summed E-state index contributed by atoms with van der Waals surface area (Å²) in [5, 5.41) is 12.7. The van der Waals surface area contributed by atoms with Gasteiger partial charge in [-0.05, 0) is 32.1 Å². The fourth-order valence-electron chi connectivity index (χ4n) is 2.38. The van der Waals surface area contributed by atoms with Crippen LogP contribution in [0.5, 0.6) is 0 Å². The van der Waals surface area contributed by atoms with E-state index in [0.29, 0.717) is 19.4 Å². The predicted molar refractivity (Wildman–Crippen MR) is 71.5 cm³/mol. The standard InChI is InChI=1S/C14H26F3NO2/c1-3-13(2,9-19)8-18-11-5-4-6-12(7-11)20-10-14(15,16)17/h11-12,18-19H,3-10H2,1-2H3. The van der Waals surface area contributed by atoms with Gasteiger partial charge in [0.25, 0.3) is 0 Å². The summed E-state index contributed by atoms with van der Waals surface area (Å²) in [6.07, 6.45) is -0.570. The molecule has 0 aromatic heterocycles. The third kappa shape index (κ3) is 6.41. The second kappa shape index (κ2) is 7.61. The van der Waals surface area contributed by atoms with Crippen molar-refractivity contribution >= 4 is 0 Å². The Hall–Kier alpha value is -0.330. The van der Waals surface area contributed by atoms with Crippen molar-refractivity contribution < 1.29 is 23.0 Å². The van der Waals surface area contributed by atoms with E-state index in [9.17, 15) is 18.3 Å². The summed E-state index contributed by atoms with van der Waals surface area (Å²) in [7, 11) is 0. The van der Waals surface area contributed by atoms with Crippen molar-refractivity contribution in [3.8, 4) is 0 Å². The molecule has 3 atom stereocenters. The Kier molecular flexibility index (Phi) is 6.75. The van der Waals surface area contributed by atoms with Crippen LogP contribution < -0.4 is 5.32 Å². The van der Waals surface area contributed by atoms with Crippen LogP contribution >= 0.6 is 0 Å². The van der Waals surface area contributed by atoms with Crippen molar-refractivity contribution in [3.63, 3.8) is 0 Å². The van der Waals surface area contributed by atoms with Crippen LogP contribution in [0.1, 0.15) is 46.0 Å². The number of ether oxygens (including phenoxy) is 1. The highest BCUT2D eigenvalue weighted by Gasteiger charge is 2.31. The summed E-state index contributed by atoms with van der Waals surface area (Å²) in [5.41, 5.74) is -0.167. The van der Waals surface area contributed by atoms with Crippen LogP contribution in [0.15, 0.2) is 0 Å². The second-order valence-corrected chi connectivity index (χ2v) is 6.11. The van der Waals surface area contributed by atoms with Crippen molar-refractivity contribution in [2.24, 2.45) is 5.41 Å². The van der Waals surface area contributed by atoms with Gasteiger partial charge in [0.2, 0.25) is 0 Å². The Morgan fingerprint density at radius 2 is 2.00 bits per heavy atom. The summed E-state index contributed by atoms with van der Waals surface area (Å²) < 4.78 is 41.4. The third-order valence-electron chi connectivity index (χ3n) is 4.16. The van der Waals surface area contributed by atoms with E-state index in [0.717, 1.165) is 19.3 Å². The molecule has 1 fully saturated rings. The summed E-state index contributed by atoms with van der Waals surface area (Å²) in [6.45, 7) is 3.65. The van der Waals surface area contributed by atoms with Gasteiger partial charge in [-0.1, -0.05) is 13.8 Å². The first-order valence-electron chi connectivity index (χ1n) is 7.30. The Labute approximate surface area is 118 Å². The topological polar surface area (TPSA) is 41.5 Å². The first-order valence-corrected chi connectivity index (χ1v) is 7.30. The summed E-state index contributed by atoms with van der Waals surface area (Å²) in [5.74, 6) is 0. The van der Waals surface area contributed by atoms with Gasteiger partial charge in [0.15, 0.2) is 0 Å². The van der Waals surface area contributed by atoms with Crippen molar-refractivity contribution in [1.29, 1.82) is 0 Å². The van der Waals surface area contributed by atoms with Gasteiger partial charge in [-0.3, -0.25) is 0 Å². The maximum Gasteiger partial charge on any atom is 0.411 e. The van der Waals surface area contributed by atoms with E-state index in [1.807, 2.05) is 13.8 Å². The monoisotopic (exact) mass is 297 g/mol. The van der Waals surface area contributed by atoms with Crippen molar-refractivity contribution in [2.45, 2.75) is 64.3 Å². The normalized spacial score (nSPS) is 27.3. The van der Waals surface area contributed by atoms with Crippen molar-refractivity contribution in [2.75, 3.05) is 19.8 Å². The van der Waals surface area contributed by atoms with Crippen LogP contribution in [0, 0.1) is 5.41 Å². The average molecular weight is 297 g/mol. The largest absolute Gasteiger partial charge is 0.411 e. The van der Waals surface area contributed by atoms with Crippen molar-refractivity contribution in [1.82, 2.24) is 5.32 Å². The molecule has 0 radical (unpaired) electrons. The minimum atomic E-state index is -4.25. The first-order chi connectivity index (χ1) is 9.28. The first kappa shape index (κ1) is 17.7. The van der Waals surface area contributed by atoms with Gasteiger partial charge in [0, 0.05) is 24.6 Å². The van der Waals surface area contributed by atoms with E-state index < -0.39 is 12.8 Å². The Morgan fingerprint density at radius 1 is 1.30 bits per heavy atom. The molecule has 3 nitrogen and oxygen atoms in total. The second-order valence-electron chi connectivity index (χ2n) is 6.11. The van der Waals surface area contributed by atoms with Gasteiger partial charge in [0.1, 0.15) is 6.61 Å². The molecular weight excluding hydrogens is 271 g/mol. The molecule has 1 aliphatic rings. The number of hydrogen-bond acceptors (Lipinski definition) is 3. The lowest BCUT2D eigenvalue weighted by Crippen LogP contribution is -2.43. The molecule has 1 saturated carbocycles. The fraction of sp³-hybridized carbons (Fsp3) is 1.00. The van der Waals surface area contributed by atoms with Gasteiger partial charge in [-0.25, -0.2) is 0 Å². The Bertz CT molecular complexity index is 280. The molecule has 1 aliphatic carbocycles. The molecule has 0 aromatic rings. The Morgan fingerprint density at radius 3 is 2.55 bits per heavy atom. The molecule has 0 spiro atoms. The highest BCUT2D eigenvalue weighted by molar-refractivity contribution is 4.82. The maximum atomic E-state index is 12.1. The minimum absolute atomic E-state index is 0.108. The lowest BCUT2D eigenvalue weighted by Gasteiger charge is -2.33. The van der Waals surface area contributed by atoms with E-state index >= 15 is 0 Å². The number of alkyl halides is 3. The highest BCUT2D eigenvalue weighted by atomic mass is 19.4. The molecule has 0 aromatic carbocycles. The minimum Gasteiger partial charge on any atom is -0.396 e. The molecule has 6 heteroatoms. The van der Waals surface area contributed by atoms with E-state index in [1.165, 1.54) is 0 Å². The summed E-state index contributed by atoms with van der Waals surface area (Å²) >= 11 is 0. The van der Waals surface area contributed by atoms with Gasteiger partial charge in [0.05, 0.1) is 6.10 Å². The van der Waals surface area contributed by atoms with Gasteiger partial charge >= 0.3 is 6.18 Å². The van der Waals surface area contributed by atoms with Crippen molar-refractivity contribution in [3.05, 3.63) is 0 Å².